The van der Waals surface area contributed by atoms with Crippen molar-refractivity contribution in [2.45, 2.75) is 63.2 Å². The zero-order chi connectivity index (χ0) is 13.8. The van der Waals surface area contributed by atoms with Crippen LogP contribution >= 0.6 is 0 Å². The molecular weight excluding hydrogens is 256 g/mol. The minimum absolute atomic E-state index is 0.126. The fourth-order valence-electron chi connectivity index (χ4n) is 3.53. The lowest BCUT2D eigenvalue weighted by atomic mass is 9.90. The Labute approximate surface area is 121 Å². The number of rotatable bonds is 1. The van der Waals surface area contributed by atoms with E-state index in [0.29, 0.717) is 13.2 Å². The Kier molecular flexibility index (Phi) is 4.46. The lowest BCUT2D eigenvalue weighted by molar-refractivity contribution is -0.179. The quantitative estimate of drug-likeness (QED) is 0.802. The Morgan fingerprint density at radius 2 is 1.60 bits per heavy atom. The third kappa shape index (κ3) is 3.26. The minimum Gasteiger partial charge on any atom is -0.348 e. The van der Waals surface area contributed by atoms with Crippen molar-refractivity contribution in [1.82, 2.24) is 10.2 Å². The molecule has 2 amide bonds. The molecule has 2 aliphatic heterocycles. The standard InChI is InChI=1S/C15H26N2O3/c18-14(17-9-3-1-2-4-10-17)16-13-5-7-15(8-6-13)19-11-12-20-15/h13H,1-12H2,(H,16,18). The van der Waals surface area contributed by atoms with Crippen LogP contribution in [0.1, 0.15) is 51.4 Å². The number of nitrogens with zero attached hydrogens (tertiary/aromatic N) is 1. The van der Waals surface area contributed by atoms with E-state index < -0.39 is 0 Å². The van der Waals surface area contributed by atoms with Gasteiger partial charge in [-0.2, -0.15) is 0 Å². The Balaban J connectivity index is 1.45. The topological polar surface area (TPSA) is 50.8 Å². The molecule has 3 aliphatic rings. The van der Waals surface area contributed by atoms with E-state index in [1.807, 2.05) is 4.90 Å². The maximum atomic E-state index is 12.3. The highest BCUT2D eigenvalue weighted by Gasteiger charge is 2.40. The molecule has 0 aromatic carbocycles. The van der Waals surface area contributed by atoms with Crippen LogP contribution in [0.2, 0.25) is 0 Å². The molecule has 5 nitrogen and oxygen atoms in total. The number of urea groups is 1. The first-order valence-corrected chi connectivity index (χ1v) is 8.11. The summed E-state index contributed by atoms with van der Waals surface area (Å²) in [6.07, 6.45) is 8.51. The number of hydrogen-bond acceptors (Lipinski definition) is 3. The molecule has 0 atom stereocenters. The molecule has 20 heavy (non-hydrogen) atoms. The van der Waals surface area contributed by atoms with Crippen molar-refractivity contribution in [3.8, 4) is 0 Å². The van der Waals surface area contributed by atoms with Crippen LogP contribution in [0.5, 0.6) is 0 Å². The van der Waals surface area contributed by atoms with Crippen LogP contribution in [0.25, 0.3) is 0 Å². The van der Waals surface area contributed by atoms with Crippen molar-refractivity contribution >= 4 is 6.03 Å². The predicted octanol–water partition coefficient (Wildman–Crippen LogP) is 2.26. The molecule has 2 saturated heterocycles. The van der Waals surface area contributed by atoms with E-state index in [-0.39, 0.29) is 17.9 Å². The monoisotopic (exact) mass is 282 g/mol. The summed E-state index contributed by atoms with van der Waals surface area (Å²) in [5.74, 6) is -0.330. The molecule has 0 aromatic heterocycles. The van der Waals surface area contributed by atoms with Gasteiger partial charge in [0.1, 0.15) is 0 Å². The van der Waals surface area contributed by atoms with Crippen LogP contribution in [0, 0.1) is 0 Å². The Hall–Kier alpha value is -0.810. The molecule has 1 aliphatic carbocycles. The van der Waals surface area contributed by atoms with Gasteiger partial charge in [0.25, 0.3) is 0 Å². The summed E-state index contributed by atoms with van der Waals surface area (Å²) in [7, 11) is 0. The predicted molar refractivity (Wildman–Crippen MR) is 75.5 cm³/mol. The van der Waals surface area contributed by atoms with Gasteiger partial charge in [0.05, 0.1) is 13.2 Å². The molecular formula is C15H26N2O3. The number of ether oxygens (including phenoxy) is 2. The number of amides is 2. The zero-order valence-corrected chi connectivity index (χ0v) is 12.2. The van der Waals surface area contributed by atoms with Crippen LogP contribution < -0.4 is 5.32 Å². The maximum Gasteiger partial charge on any atom is 0.317 e. The van der Waals surface area contributed by atoms with E-state index in [4.69, 9.17) is 9.47 Å². The van der Waals surface area contributed by atoms with Gasteiger partial charge in [-0.3, -0.25) is 0 Å². The molecule has 0 bridgehead atoms. The van der Waals surface area contributed by atoms with Gasteiger partial charge in [0.15, 0.2) is 5.79 Å². The van der Waals surface area contributed by atoms with Gasteiger partial charge in [0, 0.05) is 32.0 Å². The lowest BCUT2D eigenvalue weighted by Crippen LogP contribution is -2.48. The van der Waals surface area contributed by atoms with Crippen LogP contribution in [-0.4, -0.2) is 49.1 Å². The second-order valence-electron chi connectivity index (χ2n) is 6.23. The van der Waals surface area contributed by atoms with Crippen molar-refractivity contribution in [1.29, 1.82) is 0 Å². The molecule has 114 valence electrons. The highest BCUT2D eigenvalue weighted by Crippen LogP contribution is 2.35. The van der Waals surface area contributed by atoms with Crippen LogP contribution in [-0.2, 0) is 9.47 Å². The van der Waals surface area contributed by atoms with Crippen LogP contribution in [0.4, 0.5) is 4.79 Å². The average Bonchev–Trinajstić information content (AvgIpc) is 2.75. The number of carbonyl (C=O) groups excluding carboxylic acids is 1. The number of hydrogen-bond donors (Lipinski definition) is 1. The normalized spacial score (nSPS) is 27.5. The summed E-state index contributed by atoms with van der Waals surface area (Å²) < 4.78 is 11.4. The van der Waals surface area contributed by atoms with Gasteiger partial charge in [-0.15, -0.1) is 0 Å². The fraction of sp³-hybridized carbons (Fsp3) is 0.933. The van der Waals surface area contributed by atoms with Crippen LogP contribution in [0.15, 0.2) is 0 Å². The summed E-state index contributed by atoms with van der Waals surface area (Å²) in [5, 5.41) is 3.20. The maximum absolute atomic E-state index is 12.3. The SMILES string of the molecule is O=C(NC1CCC2(CC1)OCCO2)N1CCCCCC1. The van der Waals surface area contributed by atoms with E-state index in [2.05, 4.69) is 5.32 Å². The Morgan fingerprint density at radius 1 is 1.00 bits per heavy atom. The molecule has 0 unspecified atom stereocenters. The first kappa shape index (κ1) is 14.1. The molecule has 2 heterocycles. The summed E-state index contributed by atoms with van der Waals surface area (Å²) in [5.41, 5.74) is 0. The van der Waals surface area contributed by atoms with Gasteiger partial charge in [0.2, 0.25) is 0 Å². The Morgan fingerprint density at radius 3 is 2.20 bits per heavy atom. The van der Waals surface area contributed by atoms with Gasteiger partial charge >= 0.3 is 6.03 Å². The third-order valence-corrected chi connectivity index (χ3v) is 4.78. The molecule has 1 N–H and O–H groups in total. The van der Waals surface area contributed by atoms with Gasteiger partial charge in [-0.05, 0) is 25.7 Å². The van der Waals surface area contributed by atoms with E-state index >= 15 is 0 Å². The number of carbonyl (C=O) groups is 1. The molecule has 3 rings (SSSR count). The molecule has 1 saturated carbocycles. The van der Waals surface area contributed by atoms with E-state index in [9.17, 15) is 4.79 Å². The fourth-order valence-corrected chi connectivity index (χ4v) is 3.53. The van der Waals surface area contributed by atoms with Crippen LogP contribution in [0.3, 0.4) is 0 Å². The number of likely N-dealkylation sites (tertiary alicyclic amines) is 1. The smallest absolute Gasteiger partial charge is 0.317 e. The van der Waals surface area contributed by atoms with E-state index in [0.717, 1.165) is 51.6 Å². The highest BCUT2D eigenvalue weighted by molar-refractivity contribution is 5.74. The minimum atomic E-state index is -0.330. The zero-order valence-electron chi connectivity index (χ0n) is 12.2. The lowest BCUT2D eigenvalue weighted by Gasteiger charge is -2.36. The highest BCUT2D eigenvalue weighted by atomic mass is 16.7. The van der Waals surface area contributed by atoms with Gasteiger partial charge in [-0.1, -0.05) is 12.8 Å². The summed E-state index contributed by atoms with van der Waals surface area (Å²) in [6.45, 7) is 3.25. The summed E-state index contributed by atoms with van der Waals surface area (Å²) in [6, 6.07) is 0.408. The van der Waals surface area contributed by atoms with E-state index in [1.165, 1.54) is 12.8 Å². The summed E-state index contributed by atoms with van der Waals surface area (Å²) >= 11 is 0. The molecule has 5 heteroatoms. The second kappa shape index (κ2) is 6.31. The van der Waals surface area contributed by atoms with Crippen molar-refractivity contribution < 1.29 is 14.3 Å². The first-order valence-electron chi connectivity index (χ1n) is 8.11. The molecule has 0 radical (unpaired) electrons. The average molecular weight is 282 g/mol. The van der Waals surface area contributed by atoms with E-state index in [1.54, 1.807) is 0 Å². The number of nitrogens with one attached hydrogen (secondary N) is 1. The second-order valence-corrected chi connectivity index (χ2v) is 6.23. The largest absolute Gasteiger partial charge is 0.348 e. The van der Waals surface area contributed by atoms with Crippen molar-refractivity contribution in [2.24, 2.45) is 0 Å². The van der Waals surface area contributed by atoms with Crippen molar-refractivity contribution in [2.75, 3.05) is 26.3 Å². The summed E-state index contributed by atoms with van der Waals surface area (Å²) in [4.78, 5) is 14.3. The molecule has 1 spiro atoms. The van der Waals surface area contributed by atoms with Crippen molar-refractivity contribution in [3.63, 3.8) is 0 Å². The van der Waals surface area contributed by atoms with Gasteiger partial charge < -0.3 is 19.7 Å². The molecule has 0 aromatic rings. The Bertz CT molecular complexity index is 324. The molecule has 3 fully saturated rings. The van der Waals surface area contributed by atoms with Crippen molar-refractivity contribution in [3.05, 3.63) is 0 Å². The van der Waals surface area contributed by atoms with Gasteiger partial charge in [-0.25, -0.2) is 4.79 Å². The third-order valence-electron chi connectivity index (χ3n) is 4.78. The first-order chi connectivity index (χ1) is 9.77.